The van der Waals surface area contributed by atoms with Crippen molar-refractivity contribution in [2.24, 2.45) is 0 Å². The first-order valence-electron chi connectivity index (χ1n) is 6.82. The second kappa shape index (κ2) is 7.29. The first kappa shape index (κ1) is 16.3. The summed E-state index contributed by atoms with van der Waals surface area (Å²) in [4.78, 5) is 12.4. The maximum atomic E-state index is 12.4. The van der Waals surface area contributed by atoms with E-state index in [4.69, 9.17) is 21.1 Å². The van der Waals surface area contributed by atoms with Crippen LogP contribution < -0.4 is 10.1 Å². The summed E-state index contributed by atoms with van der Waals surface area (Å²) in [6.07, 6.45) is -0.0399. The number of halogens is 1. The van der Waals surface area contributed by atoms with Gasteiger partial charge in [0.05, 0.1) is 18.8 Å². The lowest BCUT2D eigenvalue weighted by molar-refractivity contribution is 0.102. The van der Waals surface area contributed by atoms with Crippen LogP contribution in [0, 0.1) is 0 Å². The van der Waals surface area contributed by atoms with E-state index in [1.54, 1.807) is 25.3 Å². The molecule has 0 aliphatic carbocycles. The number of amides is 1. The van der Waals surface area contributed by atoms with Crippen molar-refractivity contribution in [1.82, 2.24) is 0 Å². The van der Waals surface area contributed by atoms with Gasteiger partial charge >= 0.3 is 0 Å². The summed E-state index contributed by atoms with van der Waals surface area (Å²) in [6.45, 7) is 1.95. The Morgan fingerprint density at radius 2 is 1.95 bits per heavy atom. The van der Waals surface area contributed by atoms with Gasteiger partial charge in [-0.3, -0.25) is 4.79 Å². The van der Waals surface area contributed by atoms with E-state index in [1.807, 2.05) is 31.2 Å². The van der Waals surface area contributed by atoms with Crippen molar-refractivity contribution < 1.29 is 14.3 Å². The van der Waals surface area contributed by atoms with Crippen LogP contribution in [0.2, 0.25) is 5.02 Å². The lowest BCUT2D eigenvalue weighted by atomic mass is 10.1. The Kier molecular flexibility index (Phi) is 5.41. The van der Waals surface area contributed by atoms with Gasteiger partial charge < -0.3 is 14.8 Å². The molecule has 22 heavy (non-hydrogen) atoms. The van der Waals surface area contributed by atoms with E-state index in [2.05, 4.69) is 5.32 Å². The minimum atomic E-state index is -0.254. The molecule has 1 unspecified atom stereocenters. The summed E-state index contributed by atoms with van der Waals surface area (Å²) in [7, 11) is 3.15. The van der Waals surface area contributed by atoms with Gasteiger partial charge in [-0.2, -0.15) is 0 Å². The Hall–Kier alpha value is -2.04. The van der Waals surface area contributed by atoms with Gasteiger partial charge in [-0.1, -0.05) is 23.7 Å². The van der Waals surface area contributed by atoms with Gasteiger partial charge in [0.1, 0.15) is 5.75 Å². The summed E-state index contributed by atoms with van der Waals surface area (Å²) in [5, 5.41) is 3.37. The second-order valence-electron chi connectivity index (χ2n) is 4.80. The fraction of sp³-hybridized carbons (Fsp3) is 0.235. The standard InChI is InChI=1S/C17H18ClNO3/c1-11(21-2)12-5-4-6-14(9-12)19-17(20)15-8-7-13(18)10-16(15)22-3/h4-11H,1-3H3,(H,19,20). The van der Waals surface area contributed by atoms with Crippen molar-refractivity contribution in [2.75, 3.05) is 19.5 Å². The fourth-order valence-electron chi connectivity index (χ4n) is 2.06. The summed E-state index contributed by atoms with van der Waals surface area (Å²) in [5.41, 5.74) is 2.11. The lowest BCUT2D eigenvalue weighted by Gasteiger charge is -2.13. The Balaban J connectivity index is 2.22. The molecule has 0 saturated carbocycles. The van der Waals surface area contributed by atoms with Gasteiger partial charge in [-0.15, -0.1) is 0 Å². The van der Waals surface area contributed by atoms with Crippen LogP contribution >= 0.6 is 11.6 Å². The Morgan fingerprint density at radius 3 is 2.64 bits per heavy atom. The third kappa shape index (κ3) is 3.78. The molecular weight excluding hydrogens is 302 g/mol. The van der Waals surface area contributed by atoms with Crippen LogP contribution in [-0.2, 0) is 4.74 Å². The number of anilines is 1. The molecule has 4 nitrogen and oxygen atoms in total. The van der Waals surface area contributed by atoms with Crippen molar-refractivity contribution in [3.05, 3.63) is 58.6 Å². The van der Waals surface area contributed by atoms with Crippen LogP contribution in [-0.4, -0.2) is 20.1 Å². The Morgan fingerprint density at radius 1 is 1.18 bits per heavy atom. The van der Waals surface area contributed by atoms with Crippen LogP contribution in [0.25, 0.3) is 0 Å². The van der Waals surface area contributed by atoms with E-state index in [9.17, 15) is 4.79 Å². The molecular formula is C17H18ClNO3. The average Bonchev–Trinajstić information content (AvgIpc) is 2.54. The summed E-state index contributed by atoms with van der Waals surface area (Å²) in [6, 6.07) is 12.4. The summed E-state index contributed by atoms with van der Waals surface area (Å²) < 4.78 is 10.5. The second-order valence-corrected chi connectivity index (χ2v) is 5.24. The SMILES string of the molecule is COc1cc(Cl)ccc1C(=O)Nc1cccc(C(C)OC)c1. The van der Waals surface area contributed by atoms with Gasteiger partial charge in [-0.25, -0.2) is 0 Å². The quantitative estimate of drug-likeness (QED) is 0.893. The van der Waals surface area contributed by atoms with E-state index in [-0.39, 0.29) is 12.0 Å². The van der Waals surface area contributed by atoms with Crippen LogP contribution in [0.15, 0.2) is 42.5 Å². The molecule has 2 aromatic rings. The molecule has 0 saturated heterocycles. The van der Waals surface area contributed by atoms with Crippen LogP contribution in [0.5, 0.6) is 5.75 Å². The zero-order valence-corrected chi connectivity index (χ0v) is 13.5. The normalized spacial score (nSPS) is 11.8. The predicted octanol–water partition coefficient (Wildman–Crippen LogP) is 4.31. The third-order valence-electron chi connectivity index (χ3n) is 3.38. The number of ether oxygens (including phenoxy) is 2. The molecule has 5 heteroatoms. The highest BCUT2D eigenvalue weighted by Crippen LogP contribution is 2.25. The molecule has 116 valence electrons. The molecule has 1 amide bonds. The number of carbonyl (C=O) groups excluding carboxylic acids is 1. The first-order chi connectivity index (χ1) is 10.5. The fourth-order valence-corrected chi connectivity index (χ4v) is 2.22. The van der Waals surface area contributed by atoms with Crippen LogP contribution in [0.4, 0.5) is 5.69 Å². The number of carbonyl (C=O) groups is 1. The highest BCUT2D eigenvalue weighted by Gasteiger charge is 2.13. The molecule has 0 heterocycles. The van der Waals surface area contributed by atoms with E-state index < -0.39 is 0 Å². The maximum absolute atomic E-state index is 12.4. The molecule has 0 fully saturated rings. The monoisotopic (exact) mass is 319 g/mol. The minimum absolute atomic E-state index is 0.0399. The van der Waals surface area contributed by atoms with E-state index in [0.29, 0.717) is 22.0 Å². The third-order valence-corrected chi connectivity index (χ3v) is 3.61. The number of benzene rings is 2. The Labute approximate surface area is 135 Å². The molecule has 0 spiro atoms. The van der Waals surface area contributed by atoms with Crippen LogP contribution in [0.3, 0.4) is 0 Å². The minimum Gasteiger partial charge on any atom is -0.496 e. The predicted molar refractivity (Wildman–Crippen MR) is 87.8 cm³/mol. The maximum Gasteiger partial charge on any atom is 0.259 e. The average molecular weight is 320 g/mol. The van der Waals surface area contributed by atoms with E-state index in [1.165, 1.54) is 7.11 Å². The zero-order valence-electron chi connectivity index (χ0n) is 12.7. The van der Waals surface area contributed by atoms with Gasteiger partial charge in [-0.05, 0) is 42.8 Å². The van der Waals surface area contributed by atoms with Crippen LogP contribution in [0.1, 0.15) is 28.9 Å². The number of nitrogens with one attached hydrogen (secondary N) is 1. The molecule has 0 bridgehead atoms. The molecule has 0 aliphatic heterocycles. The van der Waals surface area contributed by atoms with Gasteiger partial charge in [0.15, 0.2) is 0 Å². The lowest BCUT2D eigenvalue weighted by Crippen LogP contribution is -2.13. The van der Waals surface area contributed by atoms with Gasteiger partial charge in [0.25, 0.3) is 5.91 Å². The largest absolute Gasteiger partial charge is 0.496 e. The molecule has 2 aromatic carbocycles. The van der Waals surface area contributed by atoms with Crippen molar-refractivity contribution in [3.8, 4) is 5.75 Å². The smallest absolute Gasteiger partial charge is 0.259 e. The Bertz CT molecular complexity index is 673. The topological polar surface area (TPSA) is 47.6 Å². The number of rotatable bonds is 5. The molecule has 0 aromatic heterocycles. The first-order valence-corrected chi connectivity index (χ1v) is 7.20. The summed E-state index contributed by atoms with van der Waals surface area (Å²) >= 11 is 5.91. The van der Waals surface area contributed by atoms with Gasteiger partial charge in [0.2, 0.25) is 0 Å². The number of hydrogen-bond acceptors (Lipinski definition) is 3. The van der Waals surface area contributed by atoms with Crippen molar-refractivity contribution in [3.63, 3.8) is 0 Å². The summed E-state index contributed by atoms with van der Waals surface area (Å²) in [5.74, 6) is 0.183. The zero-order chi connectivity index (χ0) is 16.1. The van der Waals surface area contributed by atoms with Crippen molar-refractivity contribution in [2.45, 2.75) is 13.0 Å². The van der Waals surface area contributed by atoms with Gasteiger partial charge in [0, 0.05) is 17.8 Å². The van der Waals surface area contributed by atoms with Crippen molar-refractivity contribution in [1.29, 1.82) is 0 Å². The molecule has 2 rings (SSSR count). The molecule has 1 atom stereocenters. The van der Waals surface area contributed by atoms with Crippen molar-refractivity contribution >= 4 is 23.2 Å². The van der Waals surface area contributed by atoms with E-state index >= 15 is 0 Å². The number of hydrogen-bond donors (Lipinski definition) is 1. The molecule has 0 aliphatic rings. The highest BCUT2D eigenvalue weighted by atomic mass is 35.5. The molecule has 0 radical (unpaired) electrons. The highest BCUT2D eigenvalue weighted by molar-refractivity contribution is 6.31. The van der Waals surface area contributed by atoms with E-state index in [0.717, 1.165) is 5.56 Å². The number of methoxy groups -OCH3 is 2. The molecule has 1 N–H and O–H groups in total.